The Hall–Kier alpha value is -5.86. The molecule has 10 rings (SSSR count). The molecule has 11 atom stereocenters. The standard InChI is InChI=1S/C24H26FN6O3P.C20H20FN5O2/c1-3-24-12-16(24)19(17(25)20(24)34-35(2)33-11-7-10-26)31-14-29-18-21(27-13-28-22(18)31)30-23(32)15-8-5-4-6-9-15;1-2-20-8-12(20)15(13(21)16(20)27)26-10-24-14-17(22-9-23-18(14)26)25-19(28)11-6-4-3-5-7-11/h4-6,8-9,13-14,16-17,19-20H,3,7,11-12H2,1-2H3,(H,27,28,30,32);3-7,9-10,12-13,15-16,27H,2,8H2,1H3,(H,22,23,25,28)/t16-,17+,19-,20+,24-,35?;12-,13+,15-,16+,20-/m11/s1. The Labute approximate surface area is 362 Å². The second kappa shape index (κ2) is 17.0. The van der Waals surface area contributed by atoms with Crippen molar-refractivity contribution in [2.45, 2.75) is 82.6 Å². The third-order valence-electron chi connectivity index (χ3n) is 13.5. The summed E-state index contributed by atoms with van der Waals surface area (Å²) in [5.41, 5.74) is 2.15. The van der Waals surface area contributed by atoms with Crippen molar-refractivity contribution in [2.75, 3.05) is 23.9 Å². The summed E-state index contributed by atoms with van der Waals surface area (Å²) in [6.45, 7) is 6.12. The summed E-state index contributed by atoms with van der Waals surface area (Å²) in [6.07, 6.45) is 5.05. The molecular formula is C44H46F2N11O5P. The first-order valence-corrected chi connectivity index (χ1v) is 22.6. The molecule has 4 saturated carbocycles. The van der Waals surface area contributed by atoms with Crippen LogP contribution in [0.3, 0.4) is 0 Å². The molecule has 1 unspecified atom stereocenters. The SMILES string of the molecule is CC[C@@]12C[C@@H]1[C@@H](n1cnc3c(NC(=O)c4ccccc4)ncnc31)[C@H](F)[C@@H]2O.CC[C@@]12C[C@@H]1[C@@H](n1cnc3c(NC(=O)c4ccccc4)ncnc31)[C@H](F)[C@@H]2OP(C)OCCC#N. The molecule has 4 heterocycles. The van der Waals surface area contributed by atoms with Crippen LogP contribution in [0.25, 0.3) is 22.3 Å². The van der Waals surface area contributed by atoms with Crippen molar-refractivity contribution in [1.82, 2.24) is 39.0 Å². The predicted molar refractivity (Wildman–Crippen MR) is 229 cm³/mol. The van der Waals surface area contributed by atoms with Gasteiger partial charge in [-0.05, 0) is 61.8 Å². The predicted octanol–water partition coefficient (Wildman–Crippen LogP) is 7.39. The summed E-state index contributed by atoms with van der Waals surface area (Å²) >= 11 is 0. The molecule has 0 radical (unpaired) electrons. The first-order valence-electron chi connectivity index (χ1n) is 21.0. The number of imidazole rings is 2. The number of aliphatic hydroxyl groups excluding tert-OH is 1. The number of anilines is 2. The maximum atomic E-state index is 16.0. The van der Waals surface area contributed by atoms with Crippen LogP contribution in [-0.2, 0) is 9.05 Å². The van der Waals surface area contributed by atoms with Gasteiger partial charge in [-0.3, -0.25) is 9.59 Å². The quantitative estimate of drug-likeness (QED) is 0.0767. The van der Waals surface area contributed by atoms with Crippen LogP contribution in [0.1, 0.15) is 78.8 Å². The lowest BCUT2D eigenvalue weighted by molar-refractivity contribution is 0.0296. The number of alkyl halides is 2. The van der Waals surface area contributed by atoms with E-state index in [1.807, 2.05) is 25.1 Å². The number of hydrogen-bond donors (Lipinski definition) is 3. The number of halogens is 2. The van der Waals surface area contributed by atoms with Crippen LogP contribution in [0.15, 0.2) is 86.0 Å². The lowest BCUT2D eigenvalue weighted by Gasteiger charge is -2.28. The van der Waals surface area contributed by atoms with Crippen molar-refractivity contribution >= 4 is 54.2 Å². The molecule has 2 amide bonds. The molecule has 63 heavy (non-hydrogen) atoms. The van der Waals surface area contributed by atoms with Gasteiger partial charge in [-0.2, -0.15) is 5.26 Å². The molecule has 6 aromatic rings. The number of amides is 2. The van der Waals surface area contributed by atoms with Gasteiger partial charge in [0, 0.05) is 28.6 Å². The fourth-order valence-corrected chi connectivity index (χ4v) is 11.1. The van der Waals surface area contributed by atoms with Crippen molar-refractivity contribution in [3.63, 3.8) is 0 Å². The summed E-state index contributed by atoms with van der Waals surface area (Å²) in [4.78, 5) is 50.9. The van der Waals surface area contributed by atoms with Gasteiger partial charge in [-0.1, -0.05) is 50.2 Å². The Kier molecular flexibility index (Phi) is 11.5. The molecule has 326 valence electrons. The molecule has 4 fully saturated rings. The summed E-state index contributed by atoms with van der Waals surface area (Å²) in [5.74, 6) is 0.107. The number of hydrogen-bond acceptors (Lipinski definition) is 12. The molecule has 0 bridgehead atoms. The number of aromatic nitrogens is 8. The van der Waals surface area contributed by atoms with Crippen LogP contribution >= 0.6 is 8.38 Å². The van der Waals surface area contributed by atoms with Crippen molar-refractivity contribution in [3.05, 3.63) is 97.1 Å². The van der Waals surface area contributed by atoms with E-state index in [0.717, 1.165) is 25.7 Å². The molecule has 19 heteroatoms. The van der Waals surface area contributed by atoms with E-state index in [-0.39, 0.29) is 59.1 Å². The van der Waals surface area contributed by atoms with Crippen LogP contribution in [0.2, 0.25) is 0 Å². The Morgan fingerprint density at radius 3 is 1.78 bits per heavy atom. The molecule has 3 N–H and O–H groups in total. The number of carbonyl (C=O) groups excluding carboxylic acids is 2. The van der Waals surface area contributed by atoms with Crippen molar-refractivity contribution in [2.24, 2.45) is 22.7 Å². The number of fused-ring (bicyclic) bond motifs is 4. The highest BCUT2D eigenvalue weighted by Gasteiger charge is 2.73. The largest absolute Gasteiger partial charge is 0.389 e. The second-order valence-electron chi connectivity index (χ2n) is 16.5. The Morgan fingerprint density at radius 2 is 1.29 bits per heavy atom. The van der Waals surface area contributed by atoms with Crippen LogP contribution in [-0.4, -0.2) is 93.8 Å². The topological polar surface area (TPSA) is 208 Å². The lowest BCUT2D eigenvalue weighted by Crippen LogP contribution is -2.32. The van der Waals surface area contributed by atoms with E-state index in [9.17, 15) is 19.1 Å². The number of rotatable bonds is 13. The molecule has 4 aromatic heterocycles. The molecule has 0 aliphatic heterocycles. The van der Waals surface area contributed by atoms with Crippen LogP contribution < -0.4 is 10.6 Å². The maximum absolute atomic E-state index is 16.0. The van der Waals surface area contributed by atoms with E-state index in [1.165, 1.54) is 19.0 Å². The van der Waals surface area contributed by atoms with Gasteiger partial charge in [0.15, 0.2) is 42.3 Å². The van der Waals surface area contributed by atoms with Gasteiger partial charge in [0.25, 0.3) is 11.8 Å². The second-order valence-corrected chi connectivity index (χ2v) is 17.9. The Balaban J connectivity index is 0.000000164. The smallest absolute Gasteiger partial charge is 0.256 e. The van der Waals surface area contributed by atoms with Gasteiger partial charge < -0.3 is 33.9 Å². The first kappa shape index (κ1) is 42.4. The number of nitriles is 1. The van der Waals surface area contributed by atoms with Crippen LogP contribution in [0, 0.1) is 34.0 Å². The molecule has 4 aliphatic carbocycles. The minimum Gasteiger partial charge on any atom is -0.389 e. The third-order valence-corrected chi connectivity index (χ3v) is 14.6. The Bertz CT molecular complexity index is 2690. The zero-order valence-corrected chi connectivity index (χ0v) is 35.6. The zero-order chi connectivity index (χ0) is 44.0. The average Bonchev–Trinajstić information content (AvgIpc) is 4.03. The van der Waals surface area contributed by atoms with E-state index >= 15 is 4.39 Å². The summed E-state index contributed by atoms with van der Waals surface area (Å²) in [5, 5.41) is 24.7. The average molecular weight is 878 g/mol. The van der Waals surface area contributed by atoms with Gasteiger partial charge in [-0.25, -0.2) is 38.7 Å². The van der Waals surface area contributed by atoms with E-state index in [1.54, 1.807) is 70.7 Å². The highest BCUT2D eigenvalue weighted by Crippen LogP contribution is 2.72. The van der Waals surface area contributed by atoms with E-state index in [2.05, 4.69) is 47.5 Å². The number of nitrogens with zero attached hydrogens (tertiary/aromatic N) is 9. The van der Waals surface area contributed by atoms with Crippen molar-refractivity contribution in [3.8, 4) is 6.07 Å². The molecular weight excluding hydrogens is 832 g/mol. The van der Waals surface area contributed by atoms with Gasteiger partial charge in [0.2, 0.25) is 0 Å². The molecule has 16 nitrogen and oxygen atoms in total. The van der Waals surface area contributed by atoms with Gasteiger partial charge in [0.1, 0.15) is 31.1 Å². The maximum Gasteiger partial charge on any atom is 0.256 e. The Morgan fingerprint density at radius 1 is 0.794 bits per heavy atom. The minimum absolute atomic E-state index is 0.0669. The van der Waals surface area contributed by atoms with E-state index in [0.29, 0.717) is 33.5 Å². The fraction of sp³-hybridized carbons (Fsp3) is 0.432. The lowest BCUT2D eigenvalue weighted by atomic mass is 9.97. The van der Waals surface area contributed by atoms with Crippen molar-refractivity contribution in [1.29, 1.82) is 5.26 Å². The molecule has 4 aliphatic rings. The highest BCUT2D eigenvalue weighted by molar-refractivity contribution is 7.46. The summed E-state index contributed by atoms with van der Waals surface area (Å²) in [6, 6.07) is 18.7. The normalized spacial score (nSPS) is 29.2. The molecule has 2 aromatic carbocycles. The number of carbonyl (C=O) groups is 2. The first-order chi connectivity index (χ1) is 30.6. The number of aliphatic hydroxyl groups is 1. The summed E-state index contributed by atoms with van der Waals surface area (Å²) < 4.78 is 46.0. The molecule has 0 saturated heterocycles. The highest BCUT2D eigenvalue weighted by atomic mass is 31.2. The monoisotopic (exact) mass is 877 g/mol. The number of benzene rings is 2. The van der Waals surface area contributed by atoms with Crippen LogP contribution in [0.4, 0.5) is 20.4 Å². The summed E-state index contributed by atoms with van der Waals surface area (Å²) in [7, 11) is -1.30. The van der Waals surface area contributed by atoms with Gasteiger partial charge >= 0.3 is 0 Å². The van der Waals surface area contributed by atoms with Gasteiger partial charge in [0.05, 0.1) is 49.9 Å². The number of nitrogens with one attached hydrogen (secondary N) is 2. The third kappa shape index (κ3) is 7.40. The van der Waals surface area contributed by atoms with Crippen molar-refractivity contribution < 1.29 is 32.5 Å². The fourth-order valence-electron chi connectivity index (χ4n) is 10.1. The van der Waals surface area contributed by atoms with Gasteiger partial charge in [-0.15, -0.1) is 0 Å². The van der Waals surface area contributed by atoms with Crippen LogP contribution in [0.5, 0.6) is 0 Å². The van der Waals surface area contributed by atoms with E-state index in [4.69, 9.17) is 14.3 Å². The minimum atomic E-state index is -1.37. The zero-order valence-electron chi connectivity index (χ0n) is 34.8. The molecule has 0 spiro atoms. The van der Waals surface area contributed by atoms with E-state index < -0.39 is 45.0 Å².